The van der Waals surface area contributed by atoms with E-state index in [1.807, 2.05) is 0 Å². The molecule has 0 unspecified atom stereocenters. The second-order valence-electron chi connectivity index (χ2n) is 6.90. The summed E-state index contributed by atoms with van der Waals surface area (Å²) in [5, 5.41) is 22.4. The largest absolute Gasteiger partial charge is 0.335 e. The maximum absolute atomic E-state index is 12.5. The molecule has 0 spiro atoms. The molecule has 0 radical (unpaired) electrons. The predicted molar refractivity (Wildman–Crippen MR) is 120 cm³/mol. The number of halogens is 1. The van der Waals surface area contributed by atoms with Crippen LogP contribution < -0.4 is 11.2 Å². The lowest BCUT2D eigenvalue weighted by Gasteiger charge is -2.05. The maximum atomic E-state index is 12.5. The maximum Gasteiger partial charge on any atom is 0.235 e. The van der Waals surface area contributed by atoms with Gasteiger partial charge in [0.25, 0.3) is 0 Å². The van der Waals surface area contributed by atoms with E-state index in [0.717, 1.165) is 36.8 Å². The van der Waals surface area contributed by atoms with Crippen LogP contribution in [0.1, 0.15) is 35.3 Å². The zero-order chi connectivity index (χ0) is 21.1. The van der Waals surface area contributed by atoms with E-state index in [-0.39, 0.29) is 11.7 Å². The van der Waals surface area contributed by atoms with Gasteiger partial charge in [-0.25, -0.2) is 4.68 Å². The van der Waals surface area contributed by atoms with Crippen LogP contribution in [-0.4, -0.2) is 26.5 Å². The first-order valence-electron chi connectivity index (χ1n) is 9.50. The Kier molecular flexibility index (Phi) is 6.27. The van der Waals surface area contributed by atoms with E-state index >= 15 is 0 Å². The summed E-state index contributed by atoms with van der Waals surface area (Å²) in [6, 6.07) is 9.39. The number of amides is 1. The van der Waals surface area contributed by atoms with Crippen LogP contribution in [0.15, 0.2) is 29.4 Å². The number of hydrogen-bond acceptors (Lipinski definition) is 7. The smallest absolute Gasteiger partial charge is 0.235 e. The molecule has 3 N–H and O–H groups in total. The average molecular weight is 459 g/mol. The number of nitrogens with zero attached hydrogens (tertiary/aromatic N) is 4. The van der Waals surface area contributed by atoms with Gasteiger partial charge < -0.3 is 11.2 Å². The molecule has 4 rings (SSSR count). The van der Waals surface area contributed by atoms with Crippen LogP contribution in [0.2, 0.25) is 5.02 Å². The number of hydrogen-bond donors (Lipinski definition) is 2. The monoisotopic (exact) mass is 458 g/mol. The van der Waals surface area contributed by atoms with Crippen LogP contribution in [0.4, 0.5) is 5.00 Å². The van der Waals surface area contributed by atoms with E-state index < -0.39 is 0 Å². The Hall–Kier alpha value is -2.54. The fourth-order valence-electron chi connectivity index (χ4n) is 3.41. The van der Waals surface area contributed by atoms with E-state index in [9.17, 15) is 10.1 Å². The van der Waals surface area contributed by atoms with Crippen molar-refractivity contribution < 1.29 is 4.79 Å². The van der Waals surface area contributed by atoms with Crippen molar-refractivity contribution in [3.05, 3.63) is 45.3 Å². The van der Waals surface area contributed by atoms with Gasteiger partial charge in [-0.05, 0) is 55.5 Å². The lowest BCUT2D eigenvalue weighted by molar-refractivity contribution is -0.113. The van der Waals surface area contributed by atoms with Crippen molar-refractivity contribution in [3.63, 3.8) is 0 Å². The van der Waals surface area contributed by atoms with Gasteiger partial charge in [0.1, 0.15) is 11.1 Å². The number of aromatic nitrogens is 3. The van der Waals surface area contributed by atoms with Gasteiger partial charge in [0.15, 0.2) is 5.82 Å². The highest BCUT2D eigenvalue weighted by molar-refractivity contribution is 7.99. The summed E-state index contributed by atoms with van der Waals surface area (Å²) >= 11 is 8.63. The zero-order valence-corrected chi connectivity index (χ0v) is 18.4. The molecular weight excluding hydrogens is 440 g/mol. The first kappa shape index (κ1) is 20.7. The number of aryl methyl sites for hydroxylation is 1. The number of thiophene rings is 1. The van der Waals surface area contributed by atoms with E-state index in [0.29, 0.717) is 26.6 Å². The highest BCUT2D eigenvalue weighted by atomic mass is 35.5. The van der Waals surface area contributed by atoms with Gasteiger partial charge >= 0.3 is 0 Å². The molecule has 1 aliphatic carbocycles. The molecule has 0 atom stereocenters. The third-order valence-electron chi connectivity index (χ3n) is 4.89. The Morgan fingerprint density at radius 2 is 2.03 bits per heavy atom. The summed E-state index contributed by atoms with van der Waals surface area (Å²) in [6.45, 7) is 0. The van der Waals surface area contributed by atoms with Gasteiger partial charge in [0.05, 0.1) is 11.3 Å². The standard InChI is InChI=1S/C20H19ClN6OS2/c21-13-8-6-12(7-9-13)18-25-26-20(27(18)23)29-11-17(28)24-19-15(10-22)14-4-2-1-3-5-16(14)30-19/h6-9H,1-5,11,23H2,(H,24,28). The zero-order valence-electron chi connectivity index (χ0n) is 16.0. The van der Waals surface area contributed by atoms with Crippen LogP contribution in [0, 0.1) is 11.3 Å². The third kappa shape index (κ3) is 4.31. The highest BCUT2D eigenvalue weighted by Crippen LogP contribution is 2.37. The Morgan fingerprint density at radius 3 is 2.80 bits per heavy atom. The number of fused-ring (bicyclic) bond motifs is 1. The molecular formula is C20H19ClN6OS2. The molecule has 154 valence electrons. The van der Waals surface area contributed by atoms with Crippen LogP contribution >= 0.6 is 34.7 Å². The van der Waals surface area contributed by atoms with E-state index in [1.54, 1.807) is 24.3 Å². The predicted octanol–water partition coefficient (Wildman–Crippen LogP) is 4.25. The van der Waals surface area contributed by atoms with Gasteiger partial charge in [-0.1, -0.05) is 29.8 Å². The second kappa shape index (κ2) is 9.08. The Balaban J connectivity index is 1.43. The number of thioether (sulfide) groups is 1. The third-order valence-corrected chi connectivity index (χ3v) is 7.29. The second-order valence-corrected chi connectivity index (χ2v) is 9.38. The van der Waals surface area contributed by atoms with Crippen molar-refractivity contribution >= 4 is 45.6 Å². The molecule has 3 aromatic rings. The summed E-state index contributed by atoms with van der Waals surface area (Å²) < 4.78 is 1.36. The molecule has 2 aromatic heterocycles. The van der Waals surface area contributed by atoms with Crippen molar-refractivity contribution in [1.82, 2.24) is 14.9 Å². The van der Waals surface area contributed by atoms with Crippen LogP contribution in [0.25, 0.3) is 11.4 Å². The van der Waals surface area contributed by atoms with Crippen molar-refractivity contribution in [3.8, 4) is 17.5 Å². The van der Waals surface area contributed by atoms with Crippen molar-refractivity contribution in [1.29, 1.82) is 5.26 Å². The summed E-state index contributed by atoms with van der Waals surface area (Å²) in [5.74, 6) is 6.50. The number of nitrogens with one attached hydrogen (secondary N) is 1. The minimum absolute atomic E-state index is 0.114. The minimum atomic E-state index is -0.205. The molecule has 1 amide bonds. The number of carbonyl (C=O) groups excluding carboxylic acids is 1. The van der Waals surface area contributed by atoms with Gasteiger partial charge in [0.2, 0.25) is 11.1 Å². The van der Waals surface area contributed by atoms with Crippen LogP contribution in [0.3, 0.4) is 0 Å². The first-order chi connectivity index (χ1) is 14.6. The molecule has 1 aliphatic rings. The van der Waals surface area contributed by atoms with Crippen molar-refractivity contribution in [2.75, 3.05) is 16.9 Å². The van der Waals surface area contributed by atoms with Gasteiger partial charge in [-0.3, -0.25) is 4.79 Å². The van der Waals surface area contributed by atoms with Gasteiger partial charge in [-0.2, -0.15) is 5.26 Å². The normalized spacial score (nSPS) is 13.3. The number of nitrogen functional groups attached to an aromatic ring is 1. The number of rotatable bonds is 5. The average Bonchev–Trinajstić information content (AvgIpc) is 3.17. The molecule has 30 heavy (non-hydrogen) atoms. The molecule has 0 fully saturated rings. The van der Waals surface area contributed by atoms with E-state index in [1.165, 1.54) is 39.1 Å². The minimum Gasteiger partial charge on any atom is -0.335 e. The molecule has 0 bridgehead atoms. The van der Waals surface area contributed by atoms with Crippen molar-refractivity contribution in [2.45, 2.75) is 37.3 Å². The number of anilines is 1. The summed E-state index contributed by atoms with van der Waals surface area (Å²) in [4.78, 5) is 13.7. The number of benzene rings is 1. The topological polar surface area (TPSA) is 110 Å². The molecule has 0 saturated heterocycles. The van der Waals surface area contributed by atoms with Gasteiger partial charge in [-0.15, -0.1) is 21.5 Å². The number of nitriles is 1. The van der Waals surface area contributed by atoms with Crippen molar-refractivity contribution in [2.24, 2.45) is 0 Å². The number of carbonyl (C=O) groups is 1. The quantitative estimate of drug-likeness (QED) is 0.336. The lowest BCUT2D eigenvalue weighted by atomic mass is 10.1. The first-order valence-corrected chi connectivity index (χ1v) is 11.7. The SMILES string of the molecule is N#Cc1c(NC(=O)CSc2nnc(-c3ccc(Cl)cc3)n2N)sc2c1CCCCC2. The van der Waals surface area contributed by atoms with Crippen LogP contribution in [0.5, 0.6) is 0 Å². The Bertz CT molecular complexity index is 1120. The summed E-state index contributed by atoms with van der Waals surface area (Å²) in [6.07, 6.45) is 5.28. The Morgan fingerprint density at radius 1 is 1.27 bits per heavy atom. The molecule has 10 heteroatoms. The molecule has 0 aliphatic heterocycles. The van der Waals surface area contributed by atoms with E-state index in [2.05, 4.69) is 21.6 Å². The molecule has 0 saturated carbocycles. The Labute approximate surface area is 187 Å². The van der Waals surface area contributed by atoms with Crippen LogP contribution in [-0.2, 0) is 17.6 Å². The van der Waals surface area contributed by atoms with Gasteiger partial charge in [0, 0.05) is 15.5 Å². The fourth-order valence-corrected chi connectivity index (χ4v) is 5.45. The molecule has 2 heterocycles. The molecule has 1 aromatic carbocycles. The summed E-state index contributed by atoms with van der Waals surface area (Å²) in [7, 11) is 0. The fraction of sp³-hybridized carbons (Fsp3) is 0.300. The molecule has 7 nitrogen and oxygen atoms in total. The highest BCUT2D eigenvalue weighted by Gasteiger charge is 2.21. The van der Waals surface area contributed by atoms with E-state index in [4.69, 9.17) is 17.4 Å². The number of nitrogens with two attached hydrogens (primary N) is 1. The lowest BCUT2D eigenvalue weighted by Crippen LogP contribution is -2.16. The summed E-state index contributed by atoms with van der Waals surface area (Å²) in [5.41, 5.74) is 2.50.